The molecule has 1 aliphatic carbocycles. The van der Waals surface area contributed by atoms with E-state index in [2.05, 4.69) is 0 Å². The van der Waals surface area contributed by atoms with Crippen LogP contribution in [0.4, 0.5) is 5.69 Å². The molecule has 1 amide bonds. The Morgan fingerprint density at radius 2 is 1.88 bits per heavy atom. The number of nitrogens with zero attached hydrogens (tertiary/aromatic N) is 1. The van der Waals surface area contributed by atoms with Crippen LogP contribution in [0.25, 0.3) is 0 Å². The van der Waals surface area contributed by atoms with Gasteiger partial charge in [-0.1, -0.05) is 18.2 Å². The summed E-state index contributed by atoms with van der Waals surface area (Å²) in [6.45, 7) is 1.90. The van der Waals surface area contributed by atoms with Crippen LogP contribution in [-0.4, -0.2) is 24.0 Å². The smallest absolute Gasteiger partial charge is 0.319 e. The summed E-state index contributed by atoms with van der Waals surface area (Å²) in [5.74, 6) is -1.33. The Kier molecular flexibility index (Phi) is 2.65. The first-order chi connectivity index (χ1) is 7.99. The van der Waals surface area contributed by atoms with E-state index in [1.807, 2.05) is 31.2 Å². The number of aliphatic carboxylic acids is 1. The van der Waals surface area contributed by atoms with E-state index in [4.69, 9.17) is 5.11 Å². The first kappa shape index (κ1) is 11.6. The Bertz CT molecular complexity index is 477. The molecule has 4 heteroatoms. The Balaban J connectivity index is 2.28. The molecule has 1 N–H and O–H groups in total. The fourth-order valence-corrected chi connectivity index (χ4v) is 2.01. The second kappa shape index (κ2) is 3.87. The van der Waals surface area contributed by atoms with Gasteiger partial charge < -0.3 is 10.0 Å². The van der Waals surface area contributed by atoms with E-state index in [1.165, 1.54) is 4.90 Å². The number of carboxylic acid groups (broad SMARTS) is 1. The molecule has 4 nitrogen and oxygen atoms in total. The van der Waals surface area contributed by atoms with Crippen molar-refractivity contribution in [3.8, 4) is 0 Å². The highest BCUT2D eigenvalue weighted by atomic mass is 16.4. The average molecular weight is 233 g/mol. The maximum Gasteiger partial charge on any atom is 0.319 e. The molecule has 0 heterocycles. The van der Waals surface area contributed by atoms with E-state index in [0.29, 0.717) is 12.8 Å². The first-order valence-electron chi connectivity index (χ1n) is 5.56. The first-order valence-corrected chi connectivity index (χ1v) is 5.56. The summed E-state index contributed by atoms with van der Waals surface area (Å²) in [5, 5.41) is 9.09. The second-order valence-corrected chi connectivity index (χ2v) is 4.54. The Morgan fingerprint density at radius 1 is 1.29 bits per heavy atom. The lowest BCUT2D eigenvalue weighted by Gasteiger charge is -2.22. The minimum atomic E-state index is -1.17. The van der Waals surface area contributed by atoms with E-state index in [9.17, 15) is 9.59 Å². The monoisotopic (exact) mass is 233 g/mol. The van der Waals surface area contributed by atoms with Gasteiger partial charge in [-0.15, -0.1) is 0 Å². The van der Waals surface area contributed by atoms with Gasteiger partial charge in [0.05, 0.1) is 0 Å². The lowest BCUT2D eigenvalue weighted by Crippen LogP contribution is -2.38. The normalized spacial score (nSPS) is 16.4. The van der Waals surface area contributed by atoms with Crippen molar-refractivity contribution in [2.24, 2.45) is 5.41 Å². The van der Waals surface area contributed by atoms with Gasteiger partial charge in [-0.3, -0.25) is 9.59 Å². The zero-order valence-electron chi connectivity index (χ0n) is 9.93. The van der Waals surface area contributed by atoms with Crippen LogP contribution in [0.2, 0.25) is 0 Å². The predicted octanol–water partition coefficient (Wildman–Crippen LogP) is 1.82. The highest BCUT2D eigenvalue weighted by Gasteiger charge is 2.58. The van der Waals surface area contributed by atoms with E-state index >= 15 is 0 Å². The molecule has 1 aromatic carbocycles. The van der Waals surface area contributed by atoms with Crippen LogP contribution in [-0.2, 0) is 9.59 Å². The van der Waals surface area contributed by atoms with Gasteiger partial charge >= 0.3 is 5.97 Å². The molecule has 0 aromatic heterocycles. The van der Waals surface area contributed by atoms with E-state index < -0.39 is 11.4 Å². The van der Waals surface area contributed by atoms with E-state index in [-0.39, 0.29) is 5.91 Å². The molecule has 0 atom stereocenters. The number of rotatable bonds is 3. The molecule has 2 rings (SSSR count). The maximum absolute atomic E-state index is 12.2. The number of carbonyl (C=O) groups is 2. The molecule has 90 valence electrons. The quantitative estimate of drug-likeness (QED) is 0.810. The molecule has 0 saturated heterocycles. The Labute approximate surface area is 99.9 Å². The highest BCUT2D eigenvalue weighted by molar-refractivity contribution is 6.11. The van der Waals surface area contributed by atoms with Gasteiger partial charge in [0.25, 0.3) is 0 Å². The molecular formula is C13H15NO3. The van der Waals surface area contributed by atoms with Gasteiger partial charge in [0, 0.05) is 12.7 Å². The van der Waals surface area contributed by atoms with Crippen molar-refractivity contribution >= 4 is 17.6 Å². The van der Waals surface area contributed by atoms with Crippen molar-refractivity contribution in [3.63, 3.8) is 0 Å². The standard InChI is InChI=1S/C13H15NO3/c1-9-5-3-4-6-10(9)14(2)11(15)13(7-8-13)12(16)17/h3-6H,7-8H2,1-2H3,(H,16,17). The third-order valence-corrected chi connectivity index (χ3v) is 3.35. The van der Waals surface area contributed by atoms with Crippen molar-refractivity contribution < 1.29 is 14.7 Å². The summed E-state index contributed by atoms with van der Waals surface area (Å²) in [7, 11) is 1.63. The number of hydrogen-bond acceptors (Lipinski definition) is 2. The van der Waals surface area contributed by atoms with Gasteiger partial charge in [0.15, 0.2) is 0 Å². The number of anilines is 1. The fourth-order valence-electron chi connectivity index (χ4n) is 2.01. The Hall–Kier alpha value is -1.84. The van der Waals surface area contributed by atoms with Gasteiger partial charge in [0.1, 0.15) is 5.41 Å². The number of hydrogen-bond donors (Lipinski definition) is 1. The van der Waals surface area contributed by atoms with Crippen LogP contribution >= 0.6 is 0 Å². The van der Waals surface area contributed by atoms with Gasteiger partial charge in [-0.25, -0.2) is 0 Å². The summed E-state index contributed by atoms with van der Waals surface area (Å²) in [6.07, 6.45) is 0.884. The molecule has 0 radical (unpaired) electrons. The largest absolute Gasteiger partial charge is 0.480 e. The van der Waals surface area contributed by atoms with Crippen LogP contribution in [0.1, 0.15) is 18.4 Å². The van der Waals surface area contributed by atoms with E-state index in [1.54, 1.807) is 7.05 Å². The van der Waals surface area contributed by atoms with Crippen LogP contribution in [0.15, 0.2) is 24.3 Å². The fraction of sp³-hybridized carbons (Fsp3) is 0.385. The lowest BCUT2D eigenvalue weighted by molar-refractivity contribution is -0.148. The molecule has 0 bridgehead atoms. The molecule has 1 aliphatic rings. The highest BCUT2D eigenvalue weighted by Crippen LogP contribution is 2.48. The van der Waals surface area contributed by atoms with Crippen molar-refractivity contribution in [2.45, 2.75) is 19.8 Å². The lowest BCUT2D eigenvalue weighted by atomic mass is 10.0. The number of carboxylic acids is 1. The van der Waals surface area contributed by atoms with Gasteiger partial charge in [0.2, 0.25) is 5.91 Å². The minimum Gasteiger partial charge on any atom is -0.480 e. The molecule has 1 fully saturated rings. The molecule has 0 unspecified atom stereocenters. The average Bonchev–Trinajstić information content (AvgIpc) is 3.09. The third-order valence-electron chi connectivity index (χ3n) is 3.35. The summed E-state index contributed by atoms with van der Waals surface area (Å²) in [5.41, 5.74) is 0.561. The van der Waals surface area contributed by atoms with Crippen LogP contribution < -0.4 is 4.90 Å². The summed E-state index contributed by atoms with van der Waals surface area (Å²) in [4.78, 5) is 24.7. The van der Waals surface area contributed by atoms with Crippen LogP contribution in [0.5, 0.6) is 0 Å². The van der Waals surface area contributed by atoms with Crippen molar-refractivity contribution in [3.05, 3.63) is 29.8 Å². The summed E-state index contributed by atoms with van der Waals surface area (Å²) in [6, 6.07) is 7.46. The van der Waals surface area contributed by atoms with E-state index in [0.717, 1.165) is 11.3 Å². The van der Waals surface area contributed by atoms with Crippen LogP contribution in [0, 0.1) is 12.3 Å². The summed E-state index contributed by atoms with van der Waals surface area (Å²) >= 11 is 0. The molecule has 1 aromatic rings. The second-order valence-electron chi connectivity index (χ2n) is 4.54. The predicted molar refractivity (Wildman–Crippen MR) is 63.9 cm³/mol. The number of benzene rings is 1. The third kappa shape index (κ3) is 1.79. The van der Waals surface area contributed by atoms with Gasteiger partial charge in [-0.05, 0) is 31.4 Å². The number of carbonyl (C=O) groups excluding carboxylic acids is 1. The molecule has 1 saturated carbocycles. The molecular weight excluding hydrogens is 218 g/mol. The zero-order valence-corrected chi connectivity index (χ0v) is 9.93. The molecule has 0 spiro atoms. The van der Waals surface area contributed by atoms with Gasteiger partial charge in [-0.2, -0.15) is 0 Å². The van der Waals surface area contributed by atoms with Crippen molar-refractivity contribution in [1.29, 1.82) is 0 Å². The topological polar surface area (TPSA) is 57.6 Å². The van der Waals surface area contributed by atoms with Crippen molar-refractivity contribution in [2.75, 3.05) is 11.9 Å². The maximum atomic E-state index is 12.2. The SMILES string of the molecule is Cc1ccccc1N(C)C(=O)C1(C(=O)O)CC1. The number of para-hydroxylation sites is 1. The molecule has 0 aliphatic heterocycles. The number of amides is 1. The summed E-state index contributed by atoms with van der Waals surface area (Å²) < 4.78 is 0. The Morgan fingerprint density at radius 3 is 2.35 bits per heavy atom. The zero-order chi connectivity index (χ0) is 12.6. The van der Waals surface area contributed by atoms with Crippen molar-refractivity contribution in [1.82, 2.24) is 0 Å². The van der Waals surface area contributed by atoms with Crippen LogP contribution in [0.3, 0.4) is 0 Å². The molecule has 17 heavy (non-hydrogen) atoms. The number of aryl methyl sites for hydroxylation is 1. The minimum absolute atomic E-state index is 0.320.